The normalized spacial score (nSPS) is 23.1. The quantitative estimate of drug-likeness (QED) is 0.768. The van der Waals surface area contributed by atoms with Crippen LogP contribution < -0.4 is 0 Å². The van der Waals surface area contributed by atoms with Crippen LogP contribution in [0.1, 0.15) is 40.4 Å². The van der Waals surface area contributed by atoms with Gasteiger partial charge in [-0.05, 0) is 62.2 Å². The summed E-state index contributed by atoms with van der Waals surface area (Å²) >= 11 is 6.10. The lowest BCUT2D eigenvalue weighted by atomic mass is 9.96. The average Bonchev–Trinajstić information content (AvgIpc) is 3.21. The summed E-state index contributed by atoms with van der Waals surface area (Å²) in [5.74, 6) is 0.0535. The average molecular weight is 399 g/mol. The Morgan fingerprint density at radius 3 is 2.57 bits per heavy atom. The highest BCUT2D eigenvalue weighted by atomic mass is 35.5. The Bertz CT molecular complexity index is 821. The number of rotatable bonds is 4. The number of carbonyl (C=O) groups excluding carboxylic acids is 1. The summed E-state index contributed by atoms with van der Waals surface area (Å²) in [6.45, 7) is 6.20. The molecule has 1 amide bonds. The molecule has 4 nitrogen and oxygen atoms in total. The van der Waals surface area contributed by atoms with E-state index in [0.29, 0.717) is 23.7 Å². The predicted molar refractivity (Wildman–Crippen MR) is 112 cm³/mol. The lowest BCUT2D eigenvalue weighted by Gasteiger charge is -2.43. The van der Waals surface area contributed by atoms with Gasteiger partial charge >= 0.3 is 0 Å². The maximum atomic E-state index is 13.5. The highest BCUT2D eigenvalue weighted by molar-refractivity contribution is 6.30. The molecule has 148 valence electrons. The Morgan fingerprint density at radius 2 is 1.86 bits per heavy atom. The number of carbonyl (C=O) groups is 1. The van der Waals surface area contributed by atoms with E-state index in [0.717, 1.165) is 30.8 Å². The van der Waals surface area contributed by atoms with Gasteiger partial charge in [-0.25, -0.2) is 0 Å². The van der Waals surface area contributed by atoms with Crippen molar-refractivity contribution in [3.8, 4) is 0 Å². The third kappa shape index (κ3) is 4.09. The molecule has 2 fully saturated rings. The van der Waals surface area contributed by atoms with Crippen LogP contribution in [0.2, 0.25) is 5.02 Å². The highest BCUT2D eigenvalue weighted by Crippen LogP contribution is 2.32. The van der Waals surface area contributed by atoms with Crippen LogP contribution in [0.15, 0.2) is 48.5 Å². The van der Waals surface area contributed by atoms with Crippen molar-refractivity contribution < 1.29 is 9.53 Å². The van der Waals surface area contributed by atoms with E-state index >= 15 is 0 Å². The van der Waals surface area contributed by atoms with Gasteiger partial charge in [0.05, 0.1) is 18.8 Å². The molecule has 0 saturated carbocycles. The van der Waals surface area contributed by atoms with Crippen molar-refractivity contribution >= 4 is 17.5 Å². The monoisotopic (exact) mass is 398 g/mol. The zero-order valence-corrected chi connectivity index (χ0v) is 17.1. The maximum Gasteiger partial charge on any atom is 0.254 e. The van der Waals surface area contributed by atoms with Gasteiger partial charge in [-0.2, -0.15) is 0 Å². The molecule has 2 aliphatic heterocycles. The van der Waals surface area contributed by atoms with Gasteiger partial charge in [0.1, 0.15) is 0 Å². The van der Waals surface area contributed by atoms with Crippen LogP contribution in [-0.4, -0.2) is 54.6 Å². The second-order valence-electron chi connectivity index (χ2n) is 7.73. The molecule has 28 heavy (non-hydrogen) atoms. The minimum Gasteiger partial charge on any atom is -0.373 e. The van der Waals surface area contributed by atoms with Crippen LogP contribution in [0.3, 0.4) is 0 Å². The summed E-state index contributed by atoms with van der Waals surface area (Å²) in [6, 6.07) is 15.7. The number of hydrogen-bond acceptors (Lipinski definition) is 3. The molecule has 2 saturated heterocycles. The molecule has 0 radical (unpaired) electrons. The largest absolute Gasteiger partial charge is 0.373 e. The van der Waals surface area contributed by atoms with Crippen LogP contribution in [0, 0.1) is 6.92 Å². The summed E-state index contributed by atoms with van der Waals surface area (Å²) in [4.78, 5) is 18.0. The van der Waals surface area contributed by atoms with Crippen molar-refractivity contribution in [2.75, 3.05) is 32.8 Å². The summed E-state index contributed by atoms with van der Waals surface area (Å²) in [5, 5.41) is 0.655. The Morgan fingerprint density at radius 1 is 1.11 bits per heavy atom. The van der Waals surface area contributed by atoms with E-state index in [-0.39, 0.29) is 18.1 Å². The lowest BCUT2D eigenvalue weighted by molar-refractivity contribution is -0.0707. The van der Waals surface area contributed by atoms with E-state index in [1.165, 1.54) is 12.8 Å². The molecule has 0 spiro atoms. The van der Waals surface area contributed by atoms with Gasteiger partial charge in [0.15, 0.2) is 0 Å². The Kier molecular flexibility index (Phi) is 6.00. The van der Waals surface area contributed by atoms with Crippen molar-refractivity contribution in [3.63, 3.8) is 0 Å². The van der Waals surface area contributed by atoms with Gasteiger partial charge in [0, 0.05) is 23.7 Å². The SMILES string of the molecule is Cc1cc(Cl)ccc1C(=O)N1CCO[C@@H](CN2CCCC2)[C@@H]1c1ccccc1. The maximum absolute atomic E-state index is 13.5. The second-order valence-corrected chi connectivity index (χ2v) is 8.17. The first-order valence-electron chi connectivity index (χ1n) is 10.1. The molecule has 2 atom stereocenters. The van der Waals surface area contributed by atoms with Crippen LogP contribution in [0.25, 0.3) is 0 Å². The van der Waals surface area contributed by atoms with Crippen molar-refractivity contribution in [2.24, 2.45) is 0 Å². The third-order valence-electron chi connectivity index (χ3n) is 5.81. The van der Waals surface area contributed by atoms with E-state index in [1.54, 1.807) is 6.07 Å². The van der Waals surface area contributed by atoms with E-state index in [9.17, 15) is 4.79 Å². The fourth-order valence-electron chi connectivity index (χ4n) is 4.40. The second kappa shape index (κ2) is 8.64. The number of morpholine rings is 1. The summed E-state index contributed by atoms with van der Waals surface area (Å²) in [6.07, 6.45) is 2.47. The first-order chi connectivity index (χ1) is 13.6. The Hall–Kier alpha value is -1.88. The zero-order chi connectivity index (χ0) is 19.5. The lowest BCUT2D eigenvalue weighted by Crippen LogP contribution is -2.51. The first kappa shape index (κ1) is 19.4. The standard InChI is InChI=1S/C23H27ClN2O2/c1-17-15-19(24)9-10-20(17)23(27)26-13-14-28-21(16-25-11-5-6-12-25)22(26)18-7-3-2-4-8-18/h2-4,7-10,15,21-22H,5-6,11-14,16H2,1H3/t21-,22-/m0/s1. The van der Waals surface area contributed by atoms with Crippen molar-refractivity contribution in [1.29, 1.82) is 0 Å². The molecule has 4 rings (SSSR count). The number of aryl methyl sites for hydroxylation is 1. The fourth-order valence-corrected chi connectivity index (χ4v) is 4.63. The van der Waals surface area contributed by atoms with Crippen LogP contribution in [0.4, 0.5) is 0 Å². The van der Waals surface area contributed by atoms with Crippen molar-refractivity contribution in [3.05, 3.63) is 70.2 Å². The summed E-state index contributed by atoms with van der Waals surface area (Å²) in [7, 11) is 0. The molecular formula is C23H27ClN2O2. The molecule has 0 aliphatic carbocycles. The number of nitrogens with zero attached hydrogens (tertiary/aromatic N) is 2. The molecule has 2 heterocycles. The van der Waals surface area contributed by atoms with Crippen LogP contribution in [-0.2, 0) is 4.74 Å². The number of halogens is 1. The van der Waals surface area contributed by atoms with E-state index < -0.39 is 0 Å². The Balaban J connectivity index is 1.66. The molecule has 0 unspecified atom stereocenters. The molecule has 0 N–H and O–H groups in total. The first-order valence-corrected chi connectivity index (χ1v) is 10.5. The van der Waals surface area contributed by atoms with Gasteiger partial charge in [0.2, 0.25) is 0 Å². The molecule has 2 aromatic rings. The topological polar surface area (TPSA) is 32.8 Å². The van der Waals surface area contributed by atoms with Crippen molar-refractivity contribution in [2.45, 2.75) is 31.9 Å². The fraction of sp³-hybridized carbons (Fsp3) is 0.435. The molecular weight excluding hydrogens is 372 g/mol. The number of hydrogen-bond donors (Lipinski definition) is 0. The van der Waals surface area contributed by atoms with E-state index in [2.05, 4.69) is 17.0 Å². The smallest absolute Gasteiger partial charge is 0.254 e. The number of ether oxygens (including phenoxy) is 1. The van der Waals surface area contributed by atoms with Crippen LogP contribution >= 0.6 is 11.6 Å². The Labute approximate surface area is 172 Å². The zero-order valence-electron chi connectivity index (χ0n) is 16.3. The number of likely N-dealkylation sites (tertiary alicyclic amines) is 1. The van der Waals surface area contributed by atoms with Gasteiger partial charge in [0.25, 0.3) is 5.91 Å². The van der Waals surface area contributed by atoms with Crippen molar-refractivity contribution in [1.82, 2.24) is 9.80 Å². The van der Waals surface area contributed by atoms with Crippen LogP contribution in [0.5, 0.6) is 0 Å². The van der Waals surface area contributed by atoms with Gasteiger partial charge < -0.3 is 14.5 Å². The van der Waals surface area contributed by atoms with Gasteiger partial charge in [-0.3, -0.25) is 4.79 Å². The minimum absolute atomic E-state index is 0.0224. The predicted octanol–water partition coefficient (Wildman–Crippen LogP) is 4.33. The van der Waals surface area contributed by atoms with E-state index in [1.807, 2.05) is 42.2 Å². The molecule has 0 bridgehead atoms. The molecule has 2 aliphatic rings. The summed E-state index contributed by atoms with van der Waals surface area (Å²) in [5.41, 5.74) is 2.76. The van der Waals surface area contributed by atoms with Gasteiger partial charge in [-0.15, -0.1) is 0 Å². The molecule has 0 aromatic heterocycles. The van der Waals surface area contributed by atoms with Gasteiger partial charge in [-0.1, -0.05) is 41.9 Å². The number of amides is 1. The summed E-state index contributed by atoms with van der Waals surface area (Å²) < 4.78 is 6.22. The molecule has 5 heteroatoms. The molecule has 2 aromatic carbocycles. The highest BCUT2D eigenvalue weighted by Gasteiger charge is 2.38. The minimum atomic E-state index is -0.0851. The van der Waals surface area contributed by atoms with E-state index in [4.69, 9.17) is 16.3 Å². The number of benzene rings is 2. The third-order valence-corrected chi connectivity index (χ3v) is 6.04.